The summed E-state index contributed by atoms with van der Waals surface area (Å²) in [4.78, 5) is 27.3. The van der Waals surface area contributed by atoms with E-state index in [0.29, 0.717) is 12.5 Å². The Morgan fingerprint density at radius 3 is 2.44 bits per heavy atom. The van der Waals surface area contributed by atoms with E-state index in [2.05, 4.69) is 0 Å². The first-order valence-electron chi connectivity index (χ1n) is 6.87. The van der Waals surface area contributed by atoms with Gasteiger partial charge in [-0.2, -0.15) is 0 Å². The van der Waals surface area contributed by atoms with Crippen LogP contribution in [0, 0.1) is 5.92 Å². The number of aliphatic carboxylic acids is 1. The average molecular weight is 252 g/mol. The summed E-state index contributed by atoms with van der Waals surface area (Å²) in [6, 6.07) is 0.519. The van der Waals surface area contributed by atoms with E-state index in [1.54, 1.807) is 0 Å². The van der Waals surface area contributed by atoms with Crippen LogP contribution in [0.15, 0.2) is 0 Å². The van der Waals surface area contributed by atoms with Crippen molar-refractivity contribution in [2.75, 3.05) is 7.05 Å². The number of amides is 2. The molecule has 2 amide bonds. The van der Waals surface area contributed by atoms with Crippen molar-refractivity contribution in [3.8, 4) is 0 Å². The van der Waals surface area contributed by atoms with E-state index in [0.717, 1.165) is 25.7 Å². The first-order valence-corrected chi connectivity index (χ1v) is 6.87. The van der Waals surface area contributed by atoms with E-state index in [-0.39, 0.29) is 24.0 Å². The van der Waals surface area contributed by atoms with Crippen molar-refractivity contribution >= 4 is 12.0 Å². The standard InChI is InChI=1S/C13H20N2O3/c1-14(8-3-2-4-8)13(18)15-9-5-6-11(15)10(7-9)12(16)17/h8-11H,2-7H2,1H3,(H,16,17). The lowest BCUT2D eigenvalue weighted by Crippen LogP contribution is -2.50. The predicted octanol–water partition coefficient (Wildman–Crippen LogP) is 1.53. The minimum Gasteiger partial charge on any atom is -0.481 e. The Bertz CT molecular complexity index is 380. The van der Waals surface area contributed by atoms with E-state index in [1.807, 2.05) is 16.8 Å². The molecule has 3 atom stereocenters. The third kappa shape index (κ3) is 1.60. The molecule has 18 heavy (non-hydrogen) atoms. The average Bonchev–Trinajstić information content (AvgIpc) is 2.82. The fourth-order valence-corrected chi connectivity index (χ4v) is 3.66. The number of fused-ring (bicyclic) bond motifs is 2. The number of urea groups is 1. The summed E-state index contributed by atoms with van der Waals surface area (Å²) in [5.74, 6) is -1.09. The van der Waals surface area contributed by atoms with Crippen LogP contribution in [-0.4, -0.2) is 52.1 Å². The van der Waals surface area contributed by atoms with Crippen LogP contribution in [0.4, 0.5) is 4.79 Å². The van der Waals surface area contributed by atoms with Crippen LogP contribution in [0.1, 0.15) is 38.5 Å². The van der Waals surface area contributed by atoms with Gasteiger partial charge in [-0.05, 0) is 38.5 Å². The number of hydrogen-bond acceptors (Lipinski definition) is 2. The van der Waals surface area contributed by atoms with Crippen LogP contribution in [-0.2, 0) is 4.79 Å². The Hall–Kier alpha value is -1.26. The lowest BCUT2D eigenvalue weighted by Gasteiger charge is -2.38. The van der Waals surface area contributed by atoms with Crippen molar-refractivity contribution in [2.45, 2.75) is 56.7 Å². The molecule has 3 unspecified atom stereocenters. The molecule has 2 aliphatic heterocycles. The molecule has 3 rings (SSSR count). The third-order valence-corrected chi connectivity index (χ3v) is 5.00. The zero-order valence-corrected chi connectivity index (χ0v) is 10.7. The molecule has 3 fully saturated rings. The highest BCUT2D eigenvalue weighted by atomic mass is 16.4. The maximum atomic E-state index is 12.5. The van der Waals surface area contributed by atoms with Gasteiger partial charge in [0, 0.05) is 25.2 Å². The van der Waals surface area contributed by atoms with Gasteiger partial charge in [-0.1, -0.05) is 0 Å². The molecule has 2 saturated heterocycles. The first-order chi connectivity index (χ1) is 8.59. The van der Waals surface area contributed by atoms with Gasteiger partial charge in [0.2, 0.25) is 0 Å². The van der Waals surface area contributed by atoms with Crippen molar-refractivity contribution < 1.29 is 14.7 Å². The predicted molar refractivity (Wildman–Crippen MR) is 65.2 cm³/mol. The molecule has 5 nitrogen and oxygen atoms in total. The molecule has 0 radical (unpaired) electrons. The van der Waals surface area contributed by atoms with Gasteiger partial charge >= 0.3 is 12.0 Å². The van der Waals surface area contributed by atoms with Crippen LogP contribution in [0.25, 0.3) is 0 Å². The molecular formula is C13H20N2O3. The Kier molecular flexibility index (Phi) is 2.72. The fraction of sp³-hybridized carbons (Fsp3) is 0.846. The number of carbonyl (C=O) groups is 2. The topological polar surface area (TPSA) is 60.9 Å². The van der Waals surface area contributed by atoms with Crippen molar-refractivity contribution in [3.05, 3.63) is 0 Å². The minimum absolute atomic E-state index is 0.0518. The zero-order valence-electron chi connectivity index (χ0n) is 10.7. The lowest BCUT2D eigenvalue weighted by molar-refractivity contribution is -0.142. The Labute approximate surface area is 107 Å². The largest absolute Gasteiger partial charge is 0.481 e. The van der Waals surface area contributed by atoms with Gasteiger partial charge in [-0.25, -0.2) is 4.79 Å². The highest BCUT2D eigenvalue weighted by Crippen LogP contribution is 2.42. The molecule has 5 heteroatoms. The number of carboxylic acids is 1. The van der Waals surface area contributed by atoms with Gasteiger partial charge in [-0.15, -0.1) is 0 Å². The van der Waals surface area contributed by atoms with Crippen LogP contribution in [0.2, 0.25) is 0 Å². The molecule has 1 saturated carbocycles. The molecule has 0 aromatic heterocycles. The summed E-state index contributed by atoms with van der Waals surface area (Å²) >= 11 is 0. The van der Waals surface area contributed by atoms with Crippen molar-refractivity contribution in [1.29, 1.82) is 0 Å². The minimum atomic E-state index is -0.744. The lowest BCUT2D eigenvalue weighted by atomic mass is 9.89. The van der Waals surface area contributed by atoms with E-state index >= 15 is 0 Å². The molecule has 0 spiro atoms. The summed E-state index contributed by atoms with van der Waals surface area (Å²) in [7, 11) is 1.86. The molecule has 0 aromatic carbocycles. The summed E-state index contributed by atoms with van der Waals surface area (Å²) in [5.41, 5.74) is 0. The SMILES string of the molecule is CN(C(=O)N1C2CCC1C(C(=O)O)C2)C1CCC1. The van der Waals surface area contributed by atoms with Gasteiger partial charge in [-0.3, -0.25) is 4.79 Å². The molecule has 2 bridgehead atoms. The maximum Gasteiger partial charge on any atom is 0.320 e. The molecule has 2 heterocycles. The second-order valence-corrected chi connectivity index (χ2v) is 5.86. The highest BCUT2D eigenvalue weighted by Gasteiger charge is 2.52. The second kappa shape index (κ2) is 4.14. The summed E-state index contributed by atoms with van der Waals surface area (Å²) in [6.07, 6.45) is 5.85. The van der Waals surface area contributed by atoms with Crippen molar-refractivity contribution in [3.63, 3.8) is 0 Å². The Morgan fingerprint density at radius 1 is 1.22 bits per heavy atom. The van der Waals surface area contributed by atoms with Gasteiger partial charge in [0.25, 0.3) is 0 Å². The van der Waals surface area contributed by atoms with Crippen molar-refractivity contribution in [1.82, 2.24) is 9.80 Å². The molecule has 0 aromatic rings. The van der Waals surface area contributed by atoms with Crippen LogP contribution < -0.4 is 0 Å². The smallest absolute Gasteiger partial charge is 0.320 e. The molecular weight excluding hydrogens is 232 g/mol. The quantitative estimate of drug-likeness (QED) is 0.810. The Balaban J connectivity index is 1.72. The van der Waals surface area contributed by atoms with E-state index < -0.39 is 5.97 Å². The second-order valence-electron chi connectivity index (χ2n) is 5.86. The number of hydrogen-bond donors (Lipinski definition) is 1. The Morgan fingerprint density at radius 2 is 1.94 bits per heavy atom. The van der Waals surface area contributed by atoms with E-state index in [1.165, 1.54) is 6.42 Å². The van der Waals surface area contributed by atoms with Gasteiger partial charge in [0.1, 0.15) is 0 Å². The third-order valence-electron chi connectivity index (χ3n) is 5.00. The van der Waals surface area contributed by atoms with Gasteiger partial charge in [0.05, 0.1) is 5.92 Å². The summed E-state index contributed by atoms with van der Waals surface area (Å²) in [5, 5.41) is 9.19. The molecule has 1 N–H and O–H groups in total. The number of carbonyl (C=O) groups excluding carboxylic acids is 1. The number of carboxylic acid groups (broad SMARTS) is 1. The first kappa shape index (κ1) is 11.8. The van der Waals surface area contributed by atoms with E-state index in [4.69, 9.17) is 0 Å². The van der Waals surface area contributed by atoms with Gasteiger partial charge in [0.15, 0.2) is 0 Å². The molecule has 100 valence electrons. The van der Waals surface area contributed by atoms with Crippen LogP contribution in [0.5, 0.6) is 0 Å². The molecule has 1 aliphatic carbocycles. The highest BCUT2D eigenvalue weighted by molar-refractivity contribution is 5.79. The number of rotatable bonds is 2. The maximum absolute atomic E-state index is 12.5. The normalized spacial score (nSPS) is 34.5. The summed E-state index contributed by atoms with van der Waals surface area (Å²) in [6.45, 7) is 0. The monoisotopic (exact) mass is 252 g/mol. The van der Waals surface area contributed by atoms with Crippen LogP contribution in [0.3, 0.4) is 0 Å². The summed E-state index contributed by atoms with van der Waals surface area (Å²) < 4.78 is 0. The van der Waals surface area contributed by atoms with Gasteiger partial charge < -0.3 is 14.9 Å². The van der Waals surface area contributed by atoms with E-state index in [9.17, 15) is 14.7 Å². The fourth-order valence-electron chi connectivity index (χ4n) is 3.66. The molecule has 3 aliphatic rings. The van der Waals surface area contributed by atoms with Crippen LogP contribution >= 0.6 is 0 Å². The zero-order chi connectivity index (χ0) is 12.9. The van der Waals surface area contributed by atoms with Crippen molar-refractivity contribution in [2.24, 2.45) is 5.92 Å². The number of nitrogens with zero attached hydrogens (tertiary/aromatic N) is 2.